The highest BCUT2D eigenvalue weighted by atomic mass is 16.3. The number of aliphatic hydroxyl groups is 1. The Morgan fingerprint density at radius 1 is 1.41 bits per heavy atom. The van der Waals surface area contributed by atoms with Crippen molar-refractivity contribution in [2.75, 3.05) is 0 Å². The van der Waals surface area contributed by atoms with Crippen LogP contribution in [0, 0.1) is 17.3 Å². The van der Waals surface area contributed by atoms with E-state index in [-0.39, 0.29) is 29.4 Å². The van der Waals surface area contributed by atoms with Crippen LogP contribution < -0.4 is 0 Å². The van der Waals surface area contributed by atoms with Gasteiger partial charge in [0.15, 0.2) is 0 Å². The molecule has 0 saturated carbocycles. The van der Waals surface area contributed by atoms with Gasteiger partial charge in [-0.1, -0.05) is 6.92 Å². The summed E-state index contributed by atoms with van der Waals surface area (Å²) in [4.78, 5) is 25.6. The van der Waals surface area contributed by atoms with E-state index in [1.54, 1.807) is 12.2 Å². The molecule has 4 nitrogen and oxygen atoms in total. The van der Waals surface area contributed by atoms with Gasteiger partial charge >= 0.3 is 0 Å². The predicted octanol–water partition coefficient (Wildman–Crippen LogP) is 1.75. The first-order valence-corrected chi connectivity index (χ1v) is 6.00. The molecule has 1 N–H and O–H groups in total. The Kier molecular flexibility index (Phi) is 1.86. The van der Waals surface area contributed by atoms with Crippen molar-refractivity contribution in [1.82, 2.24) is 4.90 Å². The minimum atomic E-state index is -0.543. The highest BCUT2D eigenvalue weighted by Crippen LogP contribution is 2.54. The summed E-state index contributed by atoms with van der Waals surface area (Å²) in [5.41, 5.74) is 0.107. The second-order valence-electron chi connectivity index (χ2n) is 5.27. The number of hydrogen-bond donors (Lipinski definition) is 1. The van der Waals surface area contributed by atoms with Crippen molar-refractivity contribution in [1.29, 1.82) is 0 Å². The number of aliphatic hydroxyl groups excluding tert-OH is 1. The Labute approximate surface area is 99.6 Å². The zero-order valence-corrected chi connectivity index (χ0v) is 9.93. The minimum absolute atomic E-state index is 0.0892. The van der Waals surface area contributed by atoms with Crippen LogP contribution in [0.25, 0.3) is 0 Å². The zero-order valence-electron chi connectivity index (χ0n) is 9.93. The predicted molar refractivity (Wildman–Crippen MR) is 60.6 cm³/mol. The smallest absolute Gasteiger partial charge is 0.237 e. The number of rotatable bonds is 1. The average Bonchev–Trinajstić information content (AvgIpc) is 2.65. The van der Waals surface area contributed by atoms with Crippen molar-refractivity contribution in [3.8, 4) is 0 Å². The Morgan fingerprint density at radius 2 is 2.12 bits per heavy atom. The number of hydrogen-bond acceptors (Lipinski definition) is 3. The van der Waals surface area contributed by atoms with Crippen LogP contribution in [0.15, 0.2) is 23.6 Å². The Bertz CT molecular complexity index is 491. The van der Waals surface area contributed by atoms with Crippen LogP contribution in [-0.2, 0) is 9.59 Å². The fourth-order valence-electron chi connectivity index (χ4n) is 3.34. The van der Waals surface area contributed by atoms with Crippen LogP contribution in [0.2, 0.25) is 0 Å². The molecule has 90 valence electrons. The van der Waals surface area contributed by atoms with E-state index in [2.05, 4.69) is 0 Å². The number of allylic oxidation sites excluding steroid dienone is 2. The molecular formula is C13H15NO3. The summed E-state index contributed by atoms with van der Waals surface area (Å²) < 4.78 is 0. The molecule has 2 saturated heterocycles. The summed E-state index contributed by atoms with van der Waals surface area (Å²) in [6.07, 6.45) is 4.51. The first-order valence-electron chi connectivity index (χ1n) is 6.00. The topological polar surface area (TPSA) is 57.6 Å². The van der Waals surface area contributed by atoms with Crippen LogP contribution in [-0.4, -0.2) is 21.8 Å². The number of nitrogens with zero attached hydrogens (tertiary/aromatic N) is 1. The van der Waals surface area contributed by atoms with E-state index in [1.165, 1.54) is 4.90 Å². The molecule has 0 aromatic rings. The standard InChI is InChI=1S/C13H15NO3/c1-3-7-8-6-13(2)9(4-5-10(13)15)14(11(7)16)12(8)17/h4-5,7-8,15H,3,6H2,1-2H3. The van der Waals surface area contributed by atoms with Gasteiger partial charge in [-0.3, -0.25) is 14.5 Å². The summed E-state index contributed by atoms with van der Waals surface area (Å²) in [5.74, 6) is -0.393. The number of piperidine rings is 1. The minimum Gasteiger partial charge on any atom is -0.511 e. The van der Waals surface area contributed by atoms with Gasteiger partial charge in [0.05, 0.1) is 17.3 Å². The van der Waals surface area contributed by atoms with Crippen molar-refractivity contribution in [2.24, 2.45) is 17.3 Å². The van der Waals surface area contributed by atoms with E-state index in [0.29, 0.717) is 18.5 Å². The van der Waals surface area contributed by atoms with Crippen LogP contribution >= 0.6 is 0 Å². The quantitative estimate of drug-likeness (QED) is 0.702. The number of fused-ring (bicyclic) bond motifs is 4. The first-order chi connectivity index (χ1) is 8.00. The van der Waals surface area contributed by atoms with Crippen LogP contribution in [0.5, 0.6) is 0 Å². The molecular weight excluding hydrogens is 218 g/mol. The third-order valence-corrected chi connectivity index (χ3v) is 4.40. The van der Waals surface area contributed by atoms with Crippen LogP contribution in [0.3, 0.4) is 0 Å². The van der Waals surface area contributed by atoms with Gasteiger partial charge in [-0.2, -0.15) is 0 Å². The highest BCUT2D eigenvalue weighted by Gasteiger charge is 2.59. The van der Waals surface area contributed by atoms with E-state index in [1.807, 2.05) is 13.8 Å². The van der Waals surface area contributed by atoms with Gasteiger partial charge in [0.1, 0.15) is 5.76 Å². The van der Waals surface area contributed by atoms with E-state index >= 15 is 0 Å². The van der Waals surface area contributed by atoms with Gasteiger partial charge in [-0.25, -0.2) is 0 Å². The molecule has 3 unspecified atom stereocenters. The summed E-state index contributed by atoms with van der Waals surface area (Å²) in [5, 5.41) is 9.94. The second-order valence-corrected chi connectivity index (χ2v) is 5.27. The van der Waals surface area contributed by atoms with Gasteiger partial charge in [0.25, 0.3) is 0 Å². The molecule has 2 fully saturated rings. The lowest BCUT2D eigenvalue weighted by Gasteiger charge is -2.37. The Balaban J connectivity index is 2.12. The van der Waals surface area contributed by atoms with Gasteiger partial charge in [-0.15, -0.1) is 0 Å². The van der Waals surface area contributed by atoms with E-state index in [9.17, 15) is 14.7 Å². The second kappa shape index (κ2) is 3.00. The largest absolute Gasteiger partial charge is 0.511 e. The molecule has 2 bridgehead atoms. The van der Waals surface area contributed by atoms with Gasteiger partial charge in [-0.05, 0) is 31.9 Å². The van der Waals surface area contributed by atoms with Gasteiger partial charge in [0.2, 0.25) is 11.8 Å². The molecule has 4 heteroatoms. The molecule has 3 aliphatic rings. The lowest BCUT2D eigenvalue weighted by molar-refractivity contribution is -0.140. The number of amides is 2. The molecule has 17 heavy (non-hydrogen) atoms. The van der Waals surface area contributed by atoms with E-state index in [4.69, 9.17) is 0 Å². The molecule has 0 radical (unpaired) electrons. The first kappa shape index (κ1) is 10.6. The molecule has 2 aliphatic heterocycles. The van der Waals surface area contributed by atoms with Crippen LogP contribution in [0.4, 0.5) is 0 Å². The molecule has 3 atom stereocenters. The number of carbonyl (C=O) groups is 2. The normalized spacial score (nSPS) is 39.3. The van der Waals surface area contributed by atoms with Gasteiger partial charge in [0, 0.05) is 5.70 Å². The summed E-state index contributed by atoms with van der Waals surface area (Å²) in [7, 11) is 0. The summed E-state index contributed by atoms with van der Waals surface area (Å²) in [6.45, 7) is 3.83. The summed E-state index contributed by atoms with van der Waals surface area (Å²) >= 11 is 0. The molecule has 3 rings (SSSR count). The zero-order chi connectivity index (χ0) is 12.4. The Hall–Kier alpha value is -1.58. The van der Waals surface area contributed by atoms with Crippen molar-refractivity contribution in [3.05, 3.63) is 23.6 Å². The monoisotopic (exact) mass is 233 g/mol. The maximum absolute atomic E-state index is 12.2. The van der Waals surface area contributed by atoms with Crippen molar-refractivity contribution < 1.29 is 14.7 Å². The number of imide groups is 1. The van der Waals surface area contributed by atoms with Crippen molar-refractivity contribution in [3.63, 3.8) is 0 Å². The van der Waals surface area contributed by atoms with Crippen molar-refractivity contribution >= 4 is 11.8 Å². The molecule has 1 aliphatic carbocycles. The molecule has 2 amide bonds. The lowest BCUT2D eigenvalue weighted by Crippen LogP contribution is -2.42. The molecule has 0 aromatic heterocycles. The third-order valence-electron chi connectivity index (χ3n) is 4.40. The maximum Gasteiger partial charge on any atom is 0.237 e. The fourth-order valence-corrected chi connectivity index (χ4v) is 3.34. The lowest BCUT2D eigenvalue weighted by atomic mass is 9.73. The number of carbonyl (C=O) groups excluding carboxylic acids is 2. The highest BCUT2D eigenvalue weighted by molar-refractivity contribution is 6.08. The Morgan fingerprint density at radius 3 is 2.76 bits per heavy atom. The summed E-state index contributed by atoms with van der Waals surface area (Å²) in [6, 6.07) is 0. The SMILES string of the molecule is CCC1C(=O)N2C(=O)C1CC1(C)C(O)=CC=C21. The van der Waals surface area contributed by atoms with E-state index in [0.717, 1.165) is 0 Å². The van der Waals surface area contributed by atoms with Crippen molar-refractivity contribution in [2.45, 2.75) is 26.7 Å². The van der Waals surface area contributed by atoms with Crippen LogP contribution in [0.1, 0.15) is 26.7 Å². The average molecular weight is 233 g/mol. The molecule has 2 heterocycles. The molecule has 0 spiro atoms. The molecule has 0 aromatic carbocycles. The fraction of sp³-hybridized carbons (Fsp3) is 0.538. The third kappa shape index (κ3) is 1.03. The van der Waals surface area contributed by atoms with Gasteiger partial charge < -0.3 is 5.11 Å². The van der Waals surface area contributed by atoms with E-state index < -0.39 is 5.41 Å². The maximum atomic E-state index is 12.2.